The molecule has 0 bridgehead atoms. The van der Waals surface area contributed by atoms with Crippen LogP contribution in [0.4, 0.5) is 0 Å². The summed E-state index contributed by atoms with van der Waals surface area (Å²) in [7, 11) is 0. The van der Waals surface area contributed by atoms with Crippen LogP contribution >= 0.6 is 12.2 Å². The Morgan fingerprint density at radius 1 is 1.17 bits per heavy atom. The van der Waals surface area contributed by atoms with Crippen LogP contribution in [0.1, 0.15) is 33.6 Å². The summed E-state index contributed by atoms with van der Waals surface area (Å²) in [4.78, 5) is 54.0. The van der Waals surface area contributed by atoms with Crippen molar-refractivity contribution in [3.05, 3.63) is 35.4 Å². The van der Waals surface area contributed by atoms with E-state index in [9.17, 15) is 19.2 Å². The normalized spacial score (nSPS) is 17.0. The van der Waals surface area contributed by atoms with Gasteiger partial charge in [-0.2, -0.15) is 0 Å². The first kappa shape index (κ1) is 16.1. The van der Waals surface area contributed by atoms with E-state index in [1.165, 1.54) is 17.0 Å². The molecule has 1 N–H and O–H groups in total. The van der Waals surface area contributed by atoms with Crippen molar-refractivity contribution in [3.63, 3.8) is 0 Å². The van der Waals surface area contributed by atoms with Gasteiger partial charge in [-0.25, -0.2) is 4.79 Å². The Morgan fingerprint density at radius 3 is 2.38 bits per heavy atom. The van der Waals surface area contributed by atoms with E-state index in [-0.39, 0.29) is 41.5 Å². The molecule has 3 amide bonds. The highest BCUT2D eigenvalue weighted by Gasteiger charge is 2.38. The van der Waals surface area contributed by atoms with Gasteiger partial charge in [0.15, 0.2) is 5.11 Å². The Morgan fingerprint density at radius 2 is 1.79 bits per heavy atom. The lowest BCUT2D eigenvalue weighted by Gasteiger charge is -2.28. The quantitative estimate of drug-likeness (QED) is 0.615. The number of carbonyl (C=O) groups is 4. The zero-order valence-corrected chi connectivity index (χ0v) is 13.3. The molecule has 9 heteroatoms. The van der Waals surface area contributed by atoms with Crippen molar-refractivity contribution in [2.24, 2.45) is 0 Å². The average Bonchev–Trinajstić information content (AvgIpc) is 2.80. The summed E-state index contributed by atoms with van der Waals surface area (Å²) in [5, 5.41) is 3.55. The molecule has 3 rings (SSSR count). The monoisotopic (exact) mass is 347 g/mol. The summed E-state index contributed by atoms with van der Waals surface area (Å²) in [6, 6.07) is 6.20. The standard InChI is InChI=1S/C15H13N3O5S/c19-11-5-7-16-15(24)17(11)8-6-12(20)23-18-13(21)9-3-1-2-4-10(9)14(18)22/h1-4H,5-8H2,(H,16,24). The number of hydrogen-bond acceptors (Lipinski definition) is 6. The molecule has 0 radical (unpaired) electrons. The SMILES string of the molecule is O=C(CCN1C(=O)CCNC1=S)ON1C(=O)c2ccccc2C1=O. The molecule has 0 aromatic heterocycles. The van der Waals surface area contributed by atoms with Crippen molar-refractivity contribution >= 4 is 41.0 Å². The molecule has 2 heterocycles. The van der Waals surface area contributed by atoms with E-state index < -0.39 is 17.8 Å². The number of imide groups is 1. The number of nitrogens with zero attached hydrogens (tertiary/aromatic N) is 2. The molecule has 0 saturated carbocycles. The minimum absolute atomic E-state index is 0.0205. The summed E-state index contributed by atoms with van der Waals surface area (Å²) in [6.45, 7) is 0.486. The van der Waals surface area contributed by atoms with Gasteiger partial charge < -0.3 is 10.2 Å². The second kappa shape index (κ2) is 6.36. The van der Waals surface area contributed by atoms with Crippen LogP contribution in [-0.2, 0) is 14.4 Å². The van der Waals surface area contributed by atoms with E-state index >= 15 is 0 Å². The van der Waals surface area contributed by atoms with Gasteiger partial charge >= 0.3 is 5.97 Å². The summed E-state index contributed by atoms with van der Waals surface area (Å²) >= 11 is 5.01. The van der Waals surface area contributed by atoms with Gasteiger partial charge in [-0.3, -0.25) is 19.3 Å². The Hall–Kier alpha value is -2.81. The second-order valence-corrected chi connectivity index (χ2v) is 5.58. The molecule has 0 atom stereocenters. The van der Waals surface area contributed by atoms with Gasteiger partial charge in [-0.15, -0.1) is 0 Å². The van der Waals surface area contributed by atoms with Crippen molar-refractivity contribution in [2.45, 2.75) is 12.8 Å². The minimum atomic E-state index is -0.800. The maximum Gasteiger partial charge on any atom is 0.335 e. The van der Waals surface area contributed by atoms with Crippen LogP contribution in [0.5, 0.6) is 0 Å². The molecule has 124 valence electrons. The van der Waals surface area contributed by atoms with Gasteiger partial charge in [-0.05, 0) is 24.4 Å². The molecule has 0 aliphatic carbocycles. The number of amides is 3. The maximum absolute atomic E-state index is 12.1. The molecule has 1 fully saturated rings. The third-order valence-corrected chi connectivity index (χ3v) is 4.02. The molecule has 1 saturated heterocycles. The number of fused-ring (bicyclic) bond motifs is 1. The Kier molecular flexibility index (Phi) is 4.26. The first-order chi connectivity index (χ1) is 11.5. The van der Waals surface area contributed by atoms with Crippen molar-refractivity contribution < 1.29 is 24.0 Å². The predicted octanol–water partition coefficient (Wildman–Crippen LogP) is 0.238. The second-order valence-electron chi connectivity index (χ2n) is 5.19. The zero-order valence-electron chi connectivity index (χ0n) is 12.5. The molecule has 8 nitrogen and oxygen atoms in total. The van der Waals surface area contributed by atoms with E-state index in [0.717, 1.165) is 0 Å². The Bertz CT molecular complexity index is 712. The lowest BCUT2D eigenvalue weighted by Crippen LogP contribution is -2.50. The summed E-state index contributed by atoms with van der Waals surface area (Å²) in [6.07, 6.45) is 0.0918. The van der Waals surface area contributed by atoms with E-state index in [1.54, 1.807) is 12.1 Å². The van der Waals surface area contributed by atoms with E-state index in [1.807, 2.05) is 0 Å². The molecule has 24 heavy (non-hydrogen) atoms. The number of nitrogens with one attached hydrogen (secondary N) is 1. The van der Waals surface area contributed by atoms with Crippen LogP contribution in [0.15, 0.2) is 24.3 Å². The van der Waals surface area contributed by atoms with Crippen molar-refractivity contribution in [3.8, 4) is 0 Å². The van der Waals surface area contributed by atoms with Crippen LogP contribution in [0, 0.1) is 0 Å². The topological polar surface area (TPSA) is 96.0 Å². The average molecular weight is 347 g/mol. The predicted molar refractivity (Wildman–Crippen MR) is 84.6 cm³/mol. The number of benzene rings is 1. The smallest absolute Gasteiger partial charge is 0.335 e. The number of hydroxylamine groups is 2. The first-order valence-corrected chi connectivity index (χ1v) is 7.66. The summed E-state index contributed by atoms with van der Waals surface area (Å²) in [5.41, 5.74) is 0.374. The lowest BCUT2D eigenvalue weighted by atomic mass is 10.1. The maximum atomic E-state index is 12.1. The highest BCUT2D eigenvalue weighted by molar-refractivity contribution is 7.80. The molecule has 1 aromatic rings. The number of carbonyl (C=O) groups excluding carboxylic acids is 4. The number of hydrogen-bond donors (Lipinski definition) is 1. The van der Waals surface area contributed by atoms with Gasteiger partial charge in [-0.1, -0.05) is 17.2 Å². The highest BCUT2D eigenvalue weighted by atomic mass is 32.1. The minimum Gasteiger partial charge on any atom is -0.362 e. The van der Waals surface area contributed by atoms with Crippen LogP contribution < -0.4 is 5.32 Å². The molecule has 2 aliphatic heterocycles. The van der Waals surface area contributed by atoms with Crippen LogP contribution in [0.3, 0.4) is 0 Å². The van der Waals surface area contributed by atoms with E-state index in [4.69, 9.17) is 17.1 Å². The van der Waals surface area contributed by atoms with Gasteiger partial charge in [0, 0.05) is 19.5 Å². The highest BCUT2D eigenvalue weighted by Crippen LogP contribution is 2.22. The van der Waals surface area contributed by atoms with Crippen LogP contribution in [0.25, 0.3) is 0 Å². The molecule has 2 aliphatic rings. The van der Waals surface area contributed by atoms with Crippen molar-refractivity contribution in [2.75, 3.05) is 13.1 Å². The molecular formula is C15H13N3O5S. The van der Waals surface area contributed by atoms with Gasteiger partial charge in [0.2, 0.25) is 5.91 Å². The van der Waals surface area contributed by atoms with E-state index in [2.05, 4.69) is 5.32 Å². The fraction of sp³-hybridized carbons (Fsp3) is 0.267. The van der Waals surface area contributed by atoms with Gasteiger partial charge in [0.25, 0.3) is 11.8 Å². The Balaban J connectivity index is 1.60. The van der Waals surface area contributed by atoms with Gasteiger partial charge in [0.05, 0.1) is 17.5 Å². The molecule has 0 unspecified atom stereocenters. The zero-order chi connectivity index (χ0) is 17.3. The summed E-state index contributed by atoms with van der Waals surface area (Å²) in [5.74, 6) is -2.36. The van der Waals surface area contributed by atoms with E-state index in [0.29, 0.717) is 11.6 Å². The third-order valence-electron chi connectivity index (χ3n) is 3.65. The van der Waals surface area contributed by atoms with Crippen LogP contribution in [-0.4, -0.2) is 51.9 Å². The fourth-order valence-corrected chi connectivity index (χ4v) is 2.74. The first-order valence-electron chi connectivity index (χ1n) is 7.26. The fourth-order valence-electron chi connectivity index (χ4n) is 2.45. The summed E-state index contributed by atoms with van der Waals surface area (Å²) < 4.78 is 0. The van der Waals surface area contributed by atoms with Gasteiger partial charge in [0.1, 0.15) is 0 Å². The van der Waals surface area contributed by atoms with Crippen molar-refractivity contribution in [1.29, 1.82) is 0 Å². The van der Waals surface area contributed by atoms with Crippen molar-refractivity contribution in [1.82, 2.24) is 15.3 Å². The lowest BCUT2D eigenvalue weighted by molar-refractivity contribution is -0.168. The largest absolute Gasteiger partial charge is 0.362 e. The third kappa shape index (κ3) is 2.85. The molecule has 1 aromatic carbocycles. The number of rotatable bonds is 4. The molecule has 0 spiro atoms. The van der Waals surface area contributed by atoms with Crippen LogP contribution in [0.2, 0.25) is 0 Å². The Labute approximate surface area is 142 Å². The number of thiocarbonyl (C=S) groups is 1. The molecular weight excluding hydrogens is 334 g/mol.